The van der Waals surface area contributed by atoms with Gasteiger partial charge in [-0.05, 0) is 13.0 Å². The first-order valence-corrected chi connectivity index (χ1v) is 5.50. The lowest BCUT2D eigenvalue weighted by Crippen LogP contribution is -1.96. The van der Waals surface area contributed by atoms with Crippen LogP contribution < -0.4 is 5.56 Å². The van der Waals surface area contributed by atoms with Crippen LogP contribution in [-0.2, 0) is 0 Å². The summed E-state index contributed by atoms with van der Waals surface area (Å²) in [5.41, 5.74) is 0.148. The lowest BCUT2D eigenvalue weighted by molar-refractivity contribution is -0.384. The summed E-state index contributed by atoms with van der Waals surface area (Å²) in [6.45, 7) is 1.64. The normalized spacial score (nSPS) is 11.1. The van der Waals surface area contributed by atoms with Crippen molar-refractivity contribution < 1.29 is 4.92 Å². The number of aryl methyl sites for hydroxylation is 1. The van der Waals surface area contributed by atoms with Gasteiger partial charge in [0.1, 0.15) is 5.69 Å². The van der Waals surface area contributed by atoms with Gasteiger partial charge >= 0.3 is 0 Å². The number of benzene rings is 1. The van der Waals surface area contributed by atoms with Crippen molar-refractivity contribution >= 4 is 28.7 Å². The van der Waals surface area contributed by atoms with E-state index in [-0.39, 0.29) is 22.1 Å². The van der Waals surface area contributed by atoms with Gasteiger partial charge in [-0.1, -0.05) is 11.6 Å². The highest BCUT2D eigenvalue weighted by atomic mass is 35.5. The third kappa shape index (κ3) is 2.68. The first-order chi connectivity index (χ1) is 8.99. The third-order valence-corrected chi connectivity index (χ3v) is 2.65. The van der Waals surface area contributed by atoms with Gasteiger partial charge in [0.15, 0.2) is 5.69 Å². The smallest absolute Gasteiger partial charge is 0.291 e. The quantitative estimate of drug-likeness (QED) is 0.511. The Morgan fingerprint density at radius 1 is 1.32 bits per heavy atom. The zero-order valence-electron chi connectivity index (χ0n) is 9.68. The number of rotatable bonds is 3. The van der Waals surface area contributed by atoms with Crippen LogP contribution in [0.25, 0.3) is 0 Å². The first-order valence-electron chi connectivity index (χ1n) is 5.12. The summed E-state index contributed by atoms with van der Waals surface area (Å²) >= 11 is 5.85. The molecule has 19 heavy (non-hydrogen) atoms. The molecule has 0 spiro atoms. The molecule has 0 aliphatic carbocycles. The predicted molar refractivity (Wildman–Crippen MR) is 68.4 cm³/mol. The van der Waals surface area contributed by atoms with Gasteiger partial charge in [-0.25, -0.2) is 0 Å². The molecule has 0 saturated carbocycles. The molecule has 0 radical (unpaired) electrons. The fourth-order valence-electron chi connectivity index (χ4n) is 1.35. The Kier molecular flexibility index (Phi) is 3.43. The Morgan fingerprint density at radius 3 is 2.63 bits per heavy atom. The molecule has 2 aromatic rings. The second-order valence-electron chi connectivity index (χ2n) is 3.65. The molecule has 0 bridgehead atoms. The van der Waals surface area contributed by atoms with Crippen LogP contribution in [0.5, 0.6) is 0 Å². The summed E-state index contributed by atoms with van der Waals surface area (Å²) < 4.78 is 0. The Hall–Kier alpha value is -2.48. The maximum Gasteiger partial charge on any atom is 0.291 e. The third-order valence-electron chi connectivity index (χ3n) is 2.33. The number of nitro groups is 1. The number of nitro benzene ring substituents is 1. The number of azo groups is 1. The minimum Gasteiger partial charge on any atom is -0.300 e. The molecule has 1 heterocycles. The molecule has 0 saturated heterocycles. The fourth-order valence-corrected chi connectivity index (χ4v) is 1.51. The first kappa shape index (κ1) is 13.0. The van der Waals surface area contributed by atoms with E-state index in [0.29, 0.717) is 5.69 Å². The Labute approximate surface area is 111 Å². The fraction of sp³-hybridized carbons (Fsp3) is 0.100. The van der Waals surface area contributed by atoms with E-state index in [0.717, 1.165) is 0 Å². The number of H-pyrrole nitrogens is 2. The van der Waals surface area contributed by atoms with Crippen LogP contribution in [0.2, 0.25) is 5.02 Å². The average Bonchev–Trinajstić information content (AvgIpc) is 2.68. The largest absolute Gasteiger partial charge is 0.300 e. The van der Waals surface area contributed by atoms with Gasteiger partial charge < -0.3 is 5.10 Å². The maximum absolute atomic E-state index is 11.3. The van der Waals surface area contributed by atoms with Crippen molar-refractivity contribution in [2.75, 3.05) is 0 Å². The highest BCUT2D eigenvalue weighted by molar-refractivity contribution is 6.33. The molecule has 0 fully saturated rings. The van der Waals surface area contributed by atoms with Gasteiger partial charge in [-0.3, -0.25) is 20.0 Å². The lowest BCUT2D eigenvalue weighted by atomic mass is 10.3. The van der Waals surface area contributed by atoms with Gasteiger partial charge in [-0.15, -0.1) is 10.2 Å². The lowest BCUT2D eigenvalue weighted by Gasteiger charge is -1.96. The molecular formula is C10H8ClN5O3. The van der Waals surface area contributed by atoms with Crippen LogP contribution in [0.15, 0.2) is 33.2 Å². The standard InChI is InChI=1S/C10H8ClN5O3/c1-5-9(10(17)15-12-5)14-13-8-4-6(16(18)19)2-3-7(8)11/h2-4H,1H3,(H2,12,15,17). The van der Waals surface area contributed by atoms with E-state index >= 15 is 0 Å². The van der Waals surface area contributed by atoms with Gasteiger partial charge in [-0.2, -0.15) is 0 Å². The van der Waals surface area contributed by atoms with Gasteiger partial charge in [0.05, 0.1) is 15.6 Å². The predicted octanol–water partition coefficient (Wildman–Crippen LogP) is 2.99. The molecule has 0 aliphatic rings. The van der Waals surface area contributed by atoms with Crippen LogP contribution in [0.4, 0.5) is 17.1 Å². The number of aromatic amines is 2. The summed E-state index contributed by atoms with van der Waals surface area (Å²) in [6, 6.07) is 3.79. The Balaban J connectivity index is 2.41. The van der Waals surface area contributed by atoms with E-state index in [1.807, 2.05) is 0 Å². The maximum atomic E-state index is 11.3. The molecule has 98 valence electrons. The van der Waals surface area contributed by atoms with E-state index in [1.54, 1.807) is 6.92 Å². The van der Waals surface area contributed by atoms with Crippen LogP contribution in [0.1, 0.15) is 5.69 Å². The summed E-state index contributed by atoms with van der Waals surface area (Å²) in [6.07, 6.45) is 0. The zero-order chi connectivity index (χ0) is 14.0. The highest BCUT2D eigenvalue weighted by Gasteiger charge is 2.10. The molecular weight excluding hydrogens is 274 g/mol. The van der Waals surface area contributed by atoms with E-state index in [1.165, 1.54) is 18.2 Å². The van der Waals surface area contributed by atoms with E-state index in [2.05, 4.69) is 20.4 Å². The number of hydrogen-bond acceptors (Lipinski definition) is 5. The molecule has 0 unspecified atom stereocenters. The number of non-ortho nitro benzene ring substituents is 1. The van der Waals surface area contributed by atoms with E-state index < -0.39 is 10.5 Å². The van der Waals surface area contributed by atoms with E-state index in [4.69, 9.17) is 11.6 Å². The molecule has 2 N–H and O–H groups in total. The van der Waals surface area contributed by atoms with Crippen molar-refractivity contribution in [1.82, 2.24) is 10.2 Å². The molecule has 8 nitrogen and oxygen atoms in total. The van der Waals surface area contributed by atoms with Gasteiger partial charge in [0.25, 0.3) is 11.2 Å². The summed E-state index contributed by atoms with van der Waals surface area (Å²) in [5.74, 6) is 0. The summed E-state index contributed by atoms with van der Waals surface area (Å²) in [5, 5.41) is 23.3. The summed E-state index contributed by atoms with van der Waals surface area (Å²) in [7, 11) is 0. The summed E-state index contributed by atoms with van der Waals surface area (Å²) in [4.78, 5) is 21.4. The molecule has 0 atom stereocenters. The molecule has 1 aromatic heterocycles. The highest BCUT2D eigenvalue weighted by Crippen LogP contribution is 2.30. The Morgan fingerprint density at radius 2 is 2.05 bits per heavy atom. The van der Waals surface area contributed by atoms with Crippen molar-refractivity contribution in [2.24, 2.45) is 10.2 Å². The molecule has 9 heteroatoms. The number of halogens is 1. The minimum atomic E-state index is -0.566. The monoisotopic (exact) mass is 281 g/mol. The van der Waals surface area contributed by atoms with Crippen LogP contribution in [-0.4, -0.2) is 15.1 Å². The molecule has 1 aromatic carbocycles. The van der Waals surface area contributed by atoms with Crippen LogP contribution >= 0.6 is 11.6 Å². The minimum absolute atomic E-state index is 0.0996. The number of nitrogens with one attached hydrogen (secondary N) is 2. The van der Waals surface area contributed by atoms with Gasteiger partial charge in [0, 0.05) is 12.1 Å². The Bertz CT molecular complexity index is 718. The van der Waals surface area contributed by atoms with Crippen molar-refractivity contribution in [3.63, 3.8) is 0 Å². The van der Waals surface area contributed by atoms with Crippen LogP contribution in [0.3, 0.4) is 0 Å². The van der Waals surface area contributed by atoms with Crippen molar-refractivity contribution in [2.45, 2.75) is 6.92 Å². The second kappa shape index (κ2) is 5.02. The molecule has 0 amide bonds. The average molecular weight is 282 g/mol. The molecule has 2 rings (SSSR count). The zero-order valence-corrected chi connectivity index (χ0v) is 10.4. The topological polar surface area (TPSA) is 117 Å². The SMILES string of the molecule is Cc1[nH][nH]c(=O)c1N=Nc1cc([N+](=O)[O-])ccc1Cl. The number of aromatic nitrogens is 2. The number of hydrogen-bond donors (Lipinski definition) is 2. The van der Waals surface area contributed by atoms with E-state index in [9.17, 15) is 14.9 Å². The number of nitrogens with zero attached hydrogens (tertiary/aromatic N) is 3. The van der Waals surface area contributed by atoms with Crippen molar-refractivity contribution in [3.8, 4) is 0 Å². The second-order valence-corrected chi connectivity index (χ2v) is 4.05. The van der Waals surface area contributed by atoms with Crippen LogP contribution in [0, 0.1) is 17.0 Å². The van der Waals surface area contributed by atoms with Gasteiger partial charge in [0.2, 0.25) is 0 Å². The van der Waals surface area contributed by atoms with Crippen molar-refractivity contribution in [1.29, 1.82) is 0 Å². The van der Waals surface area contributed by atoms with Crippen molar-refractivity contribution in [3.05, 3.63) is 49.4 Å². The molecule has 0 aliphatic heterocycles.